The summed E-state index contributed by atoms with van der Waals surface area (Å²) in [7, 11) is 0. The number of primary amides is 1. The minimum absolute atomic E-state index is 0.107. The van der Waals surface area contributed by atoms with Crippen LogP contribution in [0.2, 0.25) is 0 Å². The van der Waals surface area contributed by atoms with Crippen molar-refractivity contribution in [3.63, 3.8) is 0 Å². The molecule has 0 atom stereocenters. The van der Waals surface area contributed by atoms with Crippen LogP contribution in [0, 0.1) is 0 Å². The van der Waals surface area contributed by atoms with Crippen molar-refractivity contribution in [2.24, 2.45) is 5.73 Å². The van der Waals surface area contributed by atoms with Crippen LogP contribution in [-0.4, -0.2) is 27.5 Å². The fourth-order valence-corrected chi connectivity index (χ4v) is 5.16. The number of amides is 1. The molecule has 0 radical (unpaired) electrons. The standard InChI is InChI=1S/C23H26N4O2/c24-22(28)16-5-10-21-20(13-16)26-23(29)27(21)19-8-6-17(7-9-19)25-18-11-14-3-1-2-4-15(14)12-18/h1-5,10,13,17-19,25H,6-9,11-12H2,(H2,24,28)(H,26,29). The van der Waals surface area contributed by atoms with E-state index < -0.39 is 5.91 Å². The van der Waals surface area contributed by atoms with Crippen molar-refractivity contribution >= 4 is 16.9 Å². The maximum atomic E-state index is 12.6. The molecular weight excluding hydrogens is 364 g/mol. The second-order valence-electron chi connectivity index (χ2n) is 8.44. The van der Waals surface area contributed by atoms with Crippen LogP contribution in [-0.2, 0) is 12.8 Å². The topological polar surface area (TPSA) is 92.9 Å². The Morgan fingerprint density at radius 1 is 1.00 bits per heavy atom. The average Bonchev–Trinajstić information content (AvgIpc) is 3.27. The number of nitrogens with zero attached hydrogens (tertiary/aromatic N) is 1. The third-order valence-electron chi connectivity index (χ3n) is 6.59. The largest absolute Gasteiger partial charge is 0.366 e. The van der Waals surface area contributed by atoms with Crippen molar-refractivity contribution in [2.75, 3.05) is 0 Å². The van der Waals surface area contributed by atoms with Crippen LogP contribution in [0.4, 0.5) is 0 Å². The summed E-state index contributed by atoms with van der Waals surface area (Å²) in [5.41, 5.74) is 10.1. The molecule has 3 aromatic rings. The van der Waals surface area contributed by atoms with Crippen LogP contribution >= 0.6 is 0 Å². The minimum Gasteiger partial charge on any atom is -0.366 e. The Labute approximate surface area is 169 Å². The summed E-state index contributed by atoms with van der Waals surface area (Å²) in [6, 6.07) is 15.1. The monoisotopic (exact) mass is 390 g/mol. The van der Waals surface area contributed by atoms with Gasteiger partial charge in [0.15, 0.2) is 0 Å². The number of imidazole rings is 1. The molecule has 2 aromatic carbocycles. The van der Waals surface area contributed by atoms with Crippen molar-refractivity contribution in [1.29, 1.82) is 0 Å². The zero-order valence-corrected chi connectivity index (χ0v) is 16.4. The van der Waals surface area contributed by atoms with Gasteiger partial charge in [-0.15, -0.1) is 0 Å². The van der Waals surface area contributed by atoms with Gasteiger partial charge in [-0.25, -0.2) is 4.79 Å². The second-order valence-corrected chi connectivity index (χ2v) is 8.44. The maximum Gasteiger partial charge on any atom is 0.326 e. The van der Waals surface area contributed by atoms with Crippen LogP contribution in [0.15, 0.2) is 47.3 Å². The predicted molar refractivity (Wildman–Crippen MR) is 113 cm³/mol. The van der Waals surface area contributed by atoms with Gasteiger partial charge >= 0.3 is 5.69 Å². The Morgan fingerprint density at radius 2 is 1.69 bits per heavy atom. The highest BCUT2D eigenvalue weighted by atomic mass is 16.1. The Morgan fingerprint density at radius 3 is 2.34 bits per heavy atom. The molecule has 5 rings (SSSR count). The van der Waals surface area contributed by atoms with Crippen molar-refractivity contribution in [3.05, 3.63) is 69.6 Å². The van der Waals surface area contributed by atoms with E-state index in [9.17, 15) is 9.59 Å². The quantitative estimate of drug-likeness (QED) is 0.639. The highest BCUT2D eigenvalue weighted by Crippen LogP contribution is 2.31. The molecule has 1 heterocycles. The second kappa shape index (κ2) is 7.19. The zero-order valence-electron chi connectivity index (χ0n) is 16.4. The molecule has 1 fully saturated rings. The van der Waals surface area contributed by atoms with Gasteiger partial charge in [0.05, 0.1) is 11.0 Å². The number of fused-ring (bicyclic) bond motifs is 2. The highest BCUT2D eigenvalue weighted by molar-refractivity contribution is 5.96. The van der Waals surface area contributed by atoms with Crippen LogP contribution in [0.5, 0.6) is 0 Å². The summed E-state index contributed by atoms with van der Waals surface area (Å²) in [5, 5.41) is 3.86. The van der Waals surface area contributed by atoms with E-state index in [0.29, 0.717) is 23.2 Å². The fraction of sp³-hybridized carbons (Fsp3) is 0.391. The molecule has 0 unspecified atom stereocenters. The molecule has 2 aliphatic carbocycles. The summed E-state index contributed by atoms with van der Waals surface area (Å²) in [4.78, 5) is 26.9. The lowest BCUT2D eigenvalue weighted by molar-refractivity contribution is 0.100. The lowest BCUT2D eigenvalue weighted by atomic mass is 9.90. The van der Waals surface area contributed by atoms with Gasteiger partial charge in [0, 0.05) is 23.7 Å². The third-order valence-corrected chi connectivity index (χ3v) is 6.59. The molecule has 4 N–H and O–H groups in total. The van der Waals surface area contributed by atoms with Crippen LogP contribution < -0.4 is 16.7 Å². The van der Waals surface area contributed by atoms with Gasteiger partial charge in [-0.05, 0) is 67.9 Å². The fourth-order valence-electron chi connectivity index (χ4n) is 5.16. The summed E-state index contributed by atoms with van der Waals surface area (Å²) in [6.07, 6.45) is 6.30. The first-order chi connectivity index (χ1) is 14.1. The molecule has 1 saturated carbocycles. The number of nitrogens with two attached hydrogens (primary N) is 1. The summed E-state index contributed by atoms with van der Waals surface area (Å²) in [5.74, 6) is -0.485. The van der Waals surface area contributed by atoms with Crippen LogP contribution in [0.1, 0.15) is 53.2 Å². The number of hydrogen-bond acceptors (Lipinski definition) is 3. The van der Waals surface area contributed by atoms with Crippen molar-refractivity contribution in [3.8, 4) is 0 Å². The Balaban J connectivity index is 1.26. The highest BCUT2D eigenvalue weighted by Gasteiger charge is 2.28. The van der Waals surface area contributed by atoms with E-state index >= 15 is 0 Å². The van der Waals surface area contributed by atoms with E-state index in [1.807, 2.05) is 10.6 Å². The molecule has 0 aliphatic heterocycles. The molecule has 0 saturated heterocycles. The SMILES string of the molecule is NC(=O)c1ccc2c(c1)[nH]c(=O)n2C1CCC(NC2Cc3ccccc3C2)CC1. The molecule has 0 bridgehead atoms. The van der Waals surface area contributed by atoms with Crippen molar-refractivity contribution < 1.29 is 4.79 Å². The lowest BCUT2D eigenvalue weighted by Gasteiger charge is -2.31. The van der Waals surface area contributed by atoms with E-state index in [2.05, 4.69) is 34.6 Å². The van der Waals surface area contributed by atoms with E-state index in [-0.39, 0.29) is 11.7 Å². The molecule has 6 nitrogen and oxygen atoms in total. The molecule has 1 amide bonds. The first-order valence-corrected chi connectivity index (χ1v) is 10.5. The number of H-pyrrole nitrogens is 1. The number of rotatable bonds is 4. The van der Waals surface area contributed by atoms with Gasteiger partial charge in [-0.2, -0.15) is 0 Å². The summed E-state index contributed by atoms with van der Waals surface area (Å²) < 4.78 is 1.86. The Bertz CT molecular complexity index is 1100. The first-order valence-electron chi connectivity index (χ1n) is 10.5. The molecule has 0 spiro atoms. The number of aromatic nitrogens is 2. The Hall–Kier alpha value is -2.86. The van der Waals surface area contributed by atoms with Gasteiger partial charge in [0.25, 0.3) is 0 Å². The number of nitrogens with one attached hydrogen (secondary N) is 2. The van der Waals surface area contributed by atoms with E-state index in [1.165, 1.54) is 11.1 Å². The summed E-state index contributed by atoms with van der Waals surface area (Å²) >= 11 is 0. The number of benzene rings is 2. The Kier molecular flexibility index (Phi) is 4.51. The van der Waals surface area contributed by atoms with E-state index in [4.69, 9.17) is 5.73 Å². The van der Waals surface area contributed by atoms with Crippen LogP contribution in [0.3, 0.4) is 0 Å². The van der Waals surface area contributed by atoms with Gasteiger partial charge in [0.1, 0.15) is 0 Å². The van der Waals surface area contributed by atoms with E-state index in [0.717, 1.165) is 44.0 Å². The molecular formula is C23H26N4O2. The number of carbonyl (C=O) groups excluding carboxylic acids is 1. The van der Waals surface area contributed by atoms with Crippen molar-refractivity contribution in [1.82, 2.24) is 14.9 Å². The molecule has 29 heavy (non-hydrogen) atoms. The molecule has 6 heteroatoms. The summed E-state index contributed by atoms with van der Waals surface area (Å²) in [6.45, 7) is 0. The molecule has 2 aliphatic rings. The smallest absolute Gasteiger partial charge is 0.326 e. The number of carbonyl (C=O) groups is 1. The van der Waals surface area contributed by atoms with Gasteiger partial charge < -0.3 is 16.0 Å². The molecule has 1 aromatic heterocycles. The van der Waals surface area contributed by atoms with Gasteiger partial charge in [0.2, 0.25) is 5.91 Å². The van der Waals surface area contributed by atoms with Gasteiger partial charge in [-0.3, -0.25) is 9.36 Å². The lowest BCUT2D eigenvalue weighted by Crippen LogP contribution is -2.41. The minimum atomic E-state index is -0.485. The average molecular weight is 390 g/mol. The number of aromatic amines is 1. The first kappa shape index (κ1) is 18.2. The molecule has 150 valence electrons. The zero-order chi connectivity index (χ0) is 20.0. The van der Waals surface area contributed by atoms with Crippen LogP contribution in [0.25, 0.3) is 11.0 Å². The normalized spacial score (nSPS) is 22.1. The van der Waals surface area contributed by atoms with Crippen molar-refractivity contribution in [2.45, 2.75) is 56.7 Å². The predicted octanol–water partition coefficient (Wildman–Crippen LogP) is 2.67. The van der Waals surface area contributed by atoms with E-state index in [1.54, 1.807) is 12.1 Å². The number of hydrogen-bond donors (Lipinski definition) is 3. The maximum absolute atomic E-state index is 12.6. The van der Waals surface area contributed by atoms with Gasteiger partial charge in [-0.1, -0.05) is 24.3 Å². The third kappa shape index (κ3) is 3.38.